The van der Waals surface area contributed by atoms with Gasteiger partial charge in [0.1, 0.15) is 5.75 Å². The number of benzene rings is 1. The molecule has 0 radical (unpaired) electrons. The van der Waals surface area contributed by atoms with Crippen LogP contribution in [-0.2, 0) is 5.41 Å². The molecule has 1 saturated carbocycles. The van der Waals surface area contributed by atoms with Crippen molar-refractivity contribution in [2.45, 2.75) is 44.9 Å². The summed E-state index contributed by atoms with van der Waals surface area (Å²) in [5, 5.41) is 9.87. The first-order valence-electron chi connectivity index (χ1n) is 5.32. The minimum atomic E-state index is 0.125. The van der Waals surface area contributed by atoms with E-state index in [1.165, 1.54) is 18.4 Å². The highest BCUT2D eigenvalue weighted by molar-refractivity contribution is 5.42. The predicted octanol–water partition coefficient (Wildman–Crippen LogP) is 3.57. The van der Waals surface area contributed by atoms with E-state index in [1.807, 2.05) is 6.07 Å². The molecular formula is C13H18O. The minimum absolute atomic E-state index is 0.125. The predicted molar refractivity (Wildman–Crippen MR) is 58.8 cm³/mol. The summed E-state index contributed by atoms with van der Waals surface area (Å²) < 4.78 is 0. The van der Waals surface area contributed by atoms with Gasteiger partial charge in [-0.1, -0.05) is 32.9 Å². The van der Waals surface area contributed by atoms with Crippen molar-refractivity contribution >= 4 is 0 Å². The fourth-order valence-electron chi connectivity index (χ4n) is 1.75. The summed E-state index contributed by atoms with van der Waals surface area (Å²) in [7, 11) is 0. The summed E-state index contributed by atoms with van der Waals surface area (Å²) in [5.41, 5.74) is 2.47. The van der Waals surface area contributed by atoms with Crippen LogP contribution in [0.1, 0.15) is 50.7 Å². The summed E-state index contributed by atoms with van der Waals surface area (Å²) >= 11 is 0. The van der Waals surface area contributed by atoms with Crippen molar-refractivity contribution in [3.63, 3.8) is 0 Å². The van der Waals surface area contributed by atoms with E-state index in [9.17, 15) is 5.11 Å². The molecule has 0 amide bonds. The molecule has 76 valence electrons. The van der Waals surface area contributed by atoms with E-state index in [0.717, 1.165) is 5.56 Å². The van der Waals surface area contributed by atoms with Crippen molar-refractivity contribution in [3.05, 3.63) is 29.3 Å². The van der Waals surface area contributed by atoms with Crippen LogP contribution in [0.2, 0.25) is 0 Å². The van der Waals surface area contributed by atoms with Gasteiger partial charge in [0, 0.05) is 0 Å². The van der Waals surface area contributed by atoms with Crippen LogP contribution in [0.5, 0.6) is 5.75 Å². The van der Waals surface area contributed by atoms with Crippen molar-refractivity contribution in [2.75, 3.05) is 0 Å². The molecule has 1 aromatic carbocycles. The van der Waals surface area contributed by atoms with E-state index in [2.05, 4.69) is 32.9 Å². The van der Waals surface area contributed by atoms with Crippen LogP contribution in [0.15, 0.2) is 18.2 Å². The van der Waals surface area contributed by atoms with Crippen LogP contribution in [0, 0.1) is 0 Å². The fourth-order valence-corrected chi connectivity index (χ4v) is 1.75. The maximum absolute atomic E-state index is 9.87. The van der Waals surface area contributed by atoms with Gasteiger partial charge in [0.05, 0.1) is 0 Å². The molecule has 0 heterocycles. The second kappa shape index (κ2) is 3.01. The van der Waals surface area contributed by atoms with E-state index < -0.39 is 0 Å². The van der Waals surface area contributed by atoms with Crippen LogP contribution in [0.4, 0.5) is 0 Å². The van der Waals surface area contributed by atoms with Crippen LogP contribution in [0.25, 0.3) is 0 Å². The van der Waals surface area contributed by atoms with E-state index in [1.54, 1.807) is 0 Å². The van der Waals surface area contributed by atoms with Crippen LogP contribution >= 0.6 is 0 Å². The summed E-state index contributed by atoms with van der Waals surface area (Å²) in [5.74, 6) is 1.11. The zero-order valence-corrected chi connectivity index (χ0v) is 9.17. The second-order valence-electron chi connectivity index (χ2n) is 5.30. The van der Waals surface area contributed by atoms with Gasteiger partial charge in [0.2, 0.25) is 0 Å². The quantitative estimate of drug-likeness (QED) is 0.717. The van der Waals surface area contributed by atoms with Crippen LogP contribution < -0.4 is 0 Å². The standard InChI is InChI=1S/C13H18O/c1-13(2,3)10-6-7-11(9-4-5-9)12(14)8-10/h6-9,14H,4-5H2,1-3H3. The molecule has 1 aromatic rings. The molecule has 0 spiro atoms. The lowest BCUT2D eigenvalue weighted by atomic mass is 9.86. The number of hydrogen-bond acceptors (Lipinski definition) is 1. The molecule has 0 aromatic heterocycles. The Morgan fingerprint density at radius 3 is 2.29 bits per heavy atom. The molecule has 1 aliphatic carbocycles. The Hall–Kier alpha value is -0.980. The van der Waals surface area contributed by atoms with Crippen molar-refractivity contribution in [3.8, 4) is 5.75 Å². The fraction of sp³-hybridized carbons (Fsp3) is 0.538. The Bertz CT molecular complexity index is 343. The first kappa shape index (κ1) is 9.57. The molecule has 2 rings (SSSR count). The van der Waals surface area contributed by atoms with E-state index in [-0.39, 0.29) is 5.41 Å². The highest BCUT2D eigenvalue weighted by Crippen LogP contribution is 2.44. The Morgan fingerprint density at radius 1 is 1.21 bits per heavy atom. The number of rotatable bonds is 1. The minimum Gasteiger partial charge on any atom is -0.508 e. The Kier molecular flexibility index (Phi) is 2.06. The monoisotopic (exact) mass is 190 g/mol. The molecular weight excluding hydrogens is 172 g/mol. The van der Waals surface area contributed by atoms with Crippen molar-refractivity contribution in [1.29, 1.82) is 0 Å². The molecule has 0 unspecified atom stereocenters. The average molecular weight is 190 g/mol. The van der Waals surface area contributed by atoms with Crippen LogP contribution in [0.3, 0.4) is 0 Å². The molecule has 0 saturated heterocycles. The van der Waals surface area contributed by atoms with Gasteiger partial charge in [-0.2, -0.15) is 0 Å². The third kappa shape index (κ3) is 1.77. The smallest absolute Gasteiger partial charge is 0.119 e. The first-order chi connectivity index (χ1) is 6.48. The van der Waals surface area contributed by atoms with Gasteiger partial charge in [-0.05, 0) is 41.4 Å². The van der Waals surface area contributed by atoms with Gasteiger partial charge in [0.15, 0.2) is 0 Å². The molecule has 0 bridgehead atoms. The lowest BCUT2D eigenvalue weighted by Gasteiger charge is -2.19. The van der Waals surface area contributed by atoms with Gasteiger partial charge in [-0.15, -0.1) is 0 Å². The SMILES string of the molecule is CC(C)(C)c1ccc(C2CC2)c(O)c1. The molecule has 1 aliphatic rings. The Balaban J connectivity index is 2.35. The maximum Gasteiger partial charge on any atom is 0.119 e. The Morgan fingerprint density at radius 2 is 1.86 bits per heavy atom. The number of phenolic OH excluding ortho intramolecular Hbond substituents is 1. The average Bonchev–Trinajstić information content (AvgIpc) is 2.85. The van der Waals surface area contributed by atoms with E-state index in [4.69, 9.17) is 0 Å². The summed E-state index contributed by atoms with van der Waals surface area (Å²) in [6.45, 7) is 6.50. The third-order valence-electron chi connectivity index (χ3n) is 2.91. The van der Waals surface area contributed by atoms with Crippen molar-refractivity contribution < 1.29 is 5.11 Å². The third-order valence-corrected chi connectivity index (χ3v) is 2.91. The number of phenols is 1. The largest absolute Gasteiger partial charge is 0.508 e. The molecule has 1 heteroatoms. The first-order valence-corrected chi connectivity index (χ1v) is 5.32. The lowest BCUT2D eigenvalue weighted by Crippen LogP contribution is -2.10. The van der Waals surface area contributed by atoms with Gasteiger partial charge in [-0.25, -0.2) is 0 Å². The zero-order chi connectivity index (χ0) is 10.3. The van der Waals surface area contributed by atoms with Crippen molar-refractivity contribution in [1.82, 2.24) is 0 Å². The summed E-state index contributed by atoms with van der Waals surface area (Å²) in [4.78, 5) is 0. The van der Waals surface area contributed by atoms with Gasteiger partial charge >= 0.3 is 0 Å². The molecule has 0 atom stereocenters. The highest BCUT2D eigenvalue weighted by atomic mass is 16.3. The van der Waals surface area contributed by atoms with Gasteiger partial charge in [-0.3, -0.25) is 0 Å². The maximum atomic E-state index is 9.87. The number of aromatic hydroxyl groups is 1. The van der Waals surface area contributed by atoms with Gasteiger partial charge in [0.25, 0.3) is 0 Å². The van der Waals surface area contributed by atoms with Crippen LogP contribution in [-0.4, -0.2) is 5.11 Å². The molecule has 1 nitrogen and oxygen atoms in total. The topological polar surface area (TPSA) is 20.2 Å². The van der Waals surface area contributed by atoms with E-state index in [0.29, 0.717) is 11.7 Å². The highest BCUT2D eigenvalue weighted by Gasteiger charge is 2.27. The van der Waals surface area contributed by atoms with Crippen molar-refractivity contribution in [2.24, 2.45) is 0 Å². The molecule has 14 heavy (non-hydrogen) atoms. The zero-order valence-electron chi connectivity index (χ0n) is 9.17. The lowest BCUT2D eigenvalue weighted by molar-refractivity contribution is 0.464. The number of hydrogen-bond donors (Lipinski definition) is 1. The summed E-state index contributed by atoms with van der Waals surface area (Å²) in [6.07, 6.45) is 2.48. The normalized spacial score (nSPS) is 17.1. The Labute approximate surface area is 85.8 Å². The van der Waals surface area contributed by atoms with Gasteiger partial charge < -0.3 is 5.11 Å². The molecule has 1 N–H and O–H groups in total. The molecule has 1 fully saturated rings. The second-order valence-corrected chi connectivity index (χ2v) is 5.30. The molecule has 0 aliphatic heterocycles. The van der Waals surface area contributed by atoms with E-state index >= 15 is 0 Å². The summed E-state index contributed by atoms with van der Waals surface area (Å²) in [6, 6.07) is 6.16.